The Bertz CT molecular complexity index is 1810. The average molecular weight is 731 g/mol. The van der Waals surface area contributed by atoms with Crippen LogP contribution in [0.5, 0.6) is 0 Å². The topological polar surface area (TPSA) is 25.8 Å². The number of nitrogens with zero attached hydrogens (tertiary/aromatic N) is 2. The van der Waals surface area contributed by atoms with Crippen LogP contribution in [0.25, 0.3) is 43.7 Å². The van der Waals surface area contributed by atoms with Gasteiger partial charge in [-0.2, -0.15) is 0 Å². The molecule has 0 saturated heterocycles. The van der Waals surface area contributed by atoms with Gasteiger partial charge in [0.25, 0.3) is 0 Å². The van der Waals surface area contributed by atoms with E-state index in [-0.39, 0.29) is 20.1 Å². The molecule has 0 N–H and O–H groups in total. The third kappa shape index (κ3) is 4.31. The molecule has 0 aliphatic carbocycles. The molecule has 191 valence electrons. The molecule has 0 unspecified atom stereocenters. The van der Waals surface area contributed by atoms with Gasteiger partial charge in [-0.05, 0) is 18.7 Å². The van der Waals surface area contributed by atoms with Crippen LogP contribution in [0.3, 0.4) is 0 Å². The normalized spacial score (nSPS) is 13.0. The van der Waals surface area contributed by atoms with E-state index in [1.165, 1.54) is 49.2 Å². The third-order valence-corrected chi connectivity index (χ3v) is 15.1. The molecule has 1 aliphatic rings. The Morgan fingerprint density at radius 2 is 1.47 bits per heavy atom. The smallest absolute Gasteiger partial charge is 0.0163 e. The monoisotopic (exact) mass is 733 g/mol. The first-order valence-electron chi connectivity index (χ1n) is 12.8. The summed E-state index contributed by atoms with van der Waals surface area (Å²) in [6.45, 7) is 8.49. The van der Waals surface area contributed by atoms with Crippen molar-refractivity contribution in [2.45, 2.75) is 39.2 Å². The second kappa shape index (κ2) is 10.0. The summed E-state index contributed by atoms with van der Waals surface area (Å²) in [7, 11) is 0. The maximum Gasteiger partial charge on any atom is 0.0163 e. The molecule has 0 saturated carbocycles. The Morgan fingerprint density at radius 3 is 2.24 bits per heavy atom. The van der Waals surface area contributed by atoms with Gasteiger partial charge in [-0.3, -0.25) is 0 Å². The summed E-state index contributed by atoms with van der Waals surface area (Å²) in [5.41, 5.74) is 8.20. The van der Waals surface area contributed by atoms with Crippen LogP contribution in [0.15, 0.2) is 73.1 Å². The van der Waals surface area contributed by atoms with Gasteiger partial charge in [0.15, 0.2) is 0 Å². The Balaban J connectivity index is 0.000000170. The van der Waals surface area contributed by atoms with Gasteiger partial charge in [-0.15, -0.1) is 35.4 Å². The fourth-order valence-corrected chi connectivity index (χ4v) is 12.3. The zero-order chi connectivity index (χ0) is 25.9. The first kappa shape index (κ1) is 26.7. The van der Waals surface area contributed by atoms with Crippen LogP contribution < -0.4 is 8.79 Å². The van der Waals surface area contributed by atoms with Crippen LogP contribution in [-0.2, 0) is 20.1 Å². The Kier molecular flexibility index (Phi) is 7.07. The summed E-state index contributed by atoms with van der Waals surface area (Å²) in [5.74, 6) is 5.02. The predicted molar refractivity (Wildman–Crippen MR) is 160 cm³/mol. The third-order valence-electron chi connectivity index (χ3n) is 7.67. The molecular weight excluding hydrogens is 701 g/mol. The van der Waals surface area contributed by atoms with Crippen molar-refractivity contribution in [1.29, 1.82) is 0 Å². The number of aryl methyl sites for hydroxylation is 4. The summed E-state index contributed by atoms with van der Waals surface area (Å²) >= 11 is -2.21. The first-order chi connectivity index (χ1) is 17.8. The van der Waals surface area contributed by atoms with Crippen LogP contribution >= 0.6 is 0 Å². The Labute approximate surface area is 241 Å². The van der Waals surface area contributed by atoms with Crippen LogP contribution in [0.1, 0.15) is 22.3 Å². The molecular formula is C34H30GeIrN2-2. The van der Waals surface area contributed by atoms with Gasteiger partial charge in [0.1, 0.15) is 0 Å². The van der Waals surface area contributed by atoms with E-state index in [9.17, 15) is 0 Å². The molecule has 1 aliphatic heterocycles. The van der Waals surface area contributed by atoms with E-state index in [1.807, 2.05) is 30.6 Å². The van der Waals surface area contributed by atoms with Gasteiger partial charge in [0.2, 0.25) is 0 Å². The molecule has 38 heavy (non-hydrogen) atoms. The summed E-state index contributed by atoms with van der Waals surface area (Å²) in [6, 6.07) is 28.4. The number of pyridine rings is 2. The molecule has 0 fully saturated rings. The van der Waals surface area contributed by atoms with Gasteiger partial charge in [-0.25, -0.2) is 0 Å². The molecule has 0 bridgehead atoms. The van der Waals surface area contributed by atoms with Crippen LogP contribution in [0.2, 0.25) is 11.5 Å². The molecule has 3 heterocycles. The van der Waals surface area contributed by atoms with Gasteiger partial charge in [0, 0.05) is 26.3 Å². The number of fused-ring (bicyclic) bond motifs is 3. The molecule has 2 nitrogen and oxygen atoms in total. The molecule has 0 atom stereocenters. The molecule has 4 aromatic carbocycles. The largest absolute Gasteiger partial charge is 0.305 e. The van der Waals surface area contributed by atoms with Crippen molar-refractivity contribution in [1.82, 2.24) is 9.97 Å². The van der Waals surface area contributed by atoms with Gasteiger partial charge < -0.3 is 4.98 Å². The van der Waals surface area contributed by atoms with E-state index >= 15 is 0 Å². The van der Waals surface area contributed by atoms with Gasteiger partial charge in [0.05, 0.1) is 0 Å². The van der Waals surface area contributed by atoms with Crippen LogP contribution in [0.4, 0.5) is 0 Å². The SMILES string of the molecule is Cc1[c-]c2c3ncc[c]4c3c3[c](cccc3c2c(C)c1)[Ge]4([CH3])[CH3].Cc1cc[c-]c(-c2cc(C)ccn2)c1.[Ir]. The summed E-state index contributed by atoms with van der Waals surface area (Å²) < 4.78 is 3.19. The average Bonchev–Trinajstić information content (AvgIpc) is 3.11. The minimum absolute atomic E-state index is 0. The number of benzene rings is 4. The second-order valence-corrected chi connectivity index (χ2v) is 19.9. The van der Waals surface area contributed by atoms with E-state index in [4.69, 9.17) is 4.98 Å². The molecule has 4 heteroatoms. The number of aromatic nitrogens is 2. The van der Waals surface area contributed by atoms with Crippen molar-refractivity contribution in [2.24, 2.45) is 0 Å². The molecule has 7 rings (SSSR count). The van der Waals surface area contributed by atoms with Crippen molar-refractivity contribution in [3.05, 3.63) is 107 Å². The standard InChI is InChI=1S/C21H18GeN.C13H12N.Ir/c1-12-10-13(2)18-14-6-5-7-16-19(14)20-17(22(16,3)4)8-9-23-21(20)15(18)11-12;1-10-4-3-5-12(8-10)13-9-11(2)6-7-14-13;/h5-10H,1-4H3;3-4,6-9H,1-2H3;/q2*-1;. The van der Waals surface area contributed by atoms with Gasteiger partial charge in [-0.1, -0.05) is 18.6 Å². The van der Waals surface area contributed by atoms with Crippen molar-refractivity contribution in [2.75, 3.05) is 0 Å². The predicted octanol–water partition coefficient (Wildman–Crippen LogP) is 7.26. The second-order valence-electron chi connectivity index (χ2n) is 10.8. The first-order valence-corrected chi connectivity index (χ1v) is 19.1. The van der Waals surface area contributed by atoms with Gasteiger partial charge >= 0.3 is 139 Å². The zero-order valence-electron chi connectivity index (χ0n) is 22.7. The summed E-state index contributed by atoms with van der Waals surface area (Å²) in [4.78, 5) is 9.12. The molecule has 2 aromatic heterocycles. The van der Waals surface area contributed by atoms with Crippen molar-refractivity contribution >= 4 is 54.5 Å². The van der Waals surface area contributed by atoms with Crippen LogP contribution in [-0.4, -0.2) is 23.2 Å². The fourth-order valence-electron chi connectivity index (χ4n) is 5.95. The Hall–Kier alpha value is -2.85. The summed E-state index contributed by atoms with van der Waals surface area (Å²) in [6.07, 6.45) is 3.84. The fraction of sp³-hybridized carbons (Fsp3) is 0.176. The van der Waals surface area contributed by atoms with E-state index in [0.717, 1.165) is 16.8 Å². The van der Waals surface area contributed by atoms with E-state index in [2.05, 4.69) is 98.8 Å². The van der Waals surface area contributed by atoms with E-state index in [1.54, 1.807) is 8.79 Å². The van der Waals surface area contributed by atoms with Crippen molar-refractivity contribution in [3.63, 3.8) is 0 Å². The summed E-state index contributed by atoms with van der Waals surface area (Å²) in [5, 5.41) is 6.82. The van der Waals surface area contributed by atoms with E-state index < -0.39 is 13.3 Å². The minimum atomic E-state index is -2.21. The van der Waals surface area contributed by atoms with E-state index in [0.29, 0.717) is 0 Å². The maximum atomic E-state index is 4.80. The van der Waals surface area contributed by atoms with Crippen molar-refractivity contribution in [3.8, 4) is 11.3 Å². The molecule has 0 amide bonds. The Morgan fingerprint density at radius 1 is 0.737 bits per heavy atom. The number of hydrogen-bond acceptors (Lipinski definition) is 2. The molecule has 6 aromatic rings. The number of hydrogen-bond donors (Lipinski definition) is 0. The van der Waals surface area contributed by atoms with Crippen LogP contribution in [0, 0.1) is 39.8 Å². The maximum absolute atomic E-state index is 4.80. The quantitative estimate of drug-likeness (QED) is 0.101. The minimum Gasteiger partial charge on any atom is -0.305 e. The molecule has 0 spiro atoms. The van der Waals surface area contributed by atoms with Crippen molar-refractivity contribution < 1.29 is 20.1 Å². The molecule has 1 radical (unpaired) electrons. The number of rotatable bonds is 1. The zero-order valence-corrected chi connectivity index (χ0v) is 27.1.